The fraction of sp³-hybridized carbons (Fsp3) is 0.316. The van der Waals surface area contributed by atoms with Crippen molar-refractivity contribution in [3.05, 3.63) is 53.5 Å². The molecule has 0 fully saturated rings. The molecule has 0 saturated carbocycles. The number of aryl methyl sites for hydroxylation is 1. The van der Waals surface area contributed by atoms with Gasteiger partial charge in [0, 0.05) is 36.9 Å². The molecule has 1 aromatic heterocycles. The molecule has 0 bridgehead atoms. The van der Waals surface area contributed by atoms with Gasteiger partial charge < -0.3 is 10.1 Å². The molecule has 0 aliphatic heterocycles. The topological polar surface area (TPSA) is 64.0 Å². The number of benzene rings is 1. The Morgan fingerprint density at radius 1 is 1.21 bits per heavy atom. The third-order valence-corrected chi connectivity index (χ3v) is 3.81. The monoisotopic (exact) mass is 397 g/mol. The average molecular weight is 397 g/mol. The normalized spacial score (nSPS) is 11.8. The molecule has 1 N–H and O–H groups in total. The Morgan fingerprint density at radius 3 is 2.64 bits per heavy atom. The zero-order valence-corrected chi connectivity index (χ0v) is 15.1. The van der Waals surface area contributed by atoms with Crippen molar-refractivity contribution >= 4 is 23.6 Å². The maximum absolute atomic E-state index is 13.9. The minimum atomic E-state index is -4.81. The summed E-state index contributed by atoms with van der Waals surface area (Å²) in [4.78, 5) is 22.8. The molecule has 2 aromatic rings. The van der Waals surface area contributed by atoms with Gasteiger partial charge in [0.1, 0.15) is 11.6 Å². The minimum absolute atomic E-state index is 0.123. The van der Waals surface area contributed by atoms with Crippen LogP contribution in [0.2, 0.25) is 0 Å². The van der Waals surface area contributed by atoms with Crippen LogP contribution in [0.25, 0.3) is 6.08 Å². The minimum Gasteiger partial charge on any atom is -0.306 e. The highest BCUT2D eigenvalue weighted by molar-refractivity contribution is 6.01. The second kappa shape index (κ2) is 9.29. The SMILES string of the molecule is CC(=O)CCCCn1ccc(NC(=O)C=Cc2cccc(C(F)(F)F)c2F)n1. The number of hydrogen-bond donors (Lipinski definition) is 1. The summed E-state index contributed by atoms with van der Waals surface area (Å²) in [6, 6.07) is 4.40. The van der Waals surface area contributed by atoms with E-state index in [1.54, 1.807) is 16.9 Å². The second-order valence-electron chi connectivity index (χ2n) is 6.15. The van der Waals surface area contributed by atoms with Crippen molar-refractivity contribution in [2.75, 3.05) is 5.32 Å². The van der Waals surface area contributed by atoms with Crippen molar-refractivity contribution in [3.8, 4) is 0 Å². The number of carbonyl (C=O) groups excluding carboxylic acids is 2. The molecule has 0 radical (unpaired) electrons. The van der Waals surface area contributed by atoms with E-state index in [1.807, 2.05) is 0 Å². The predicted molar refractivity (Wildman–Crippen MR) is 95.8 cm³/mol. The molecule has 0 spiro atoms. The Balaban J connectivity index is 1.93. The average Bonchev–Trinajstić information content (AvgIpc) is 3.04. The zero-order chi connectivity index (χ0) is 20.7. The van der Waals surface area contributed by atoms with Gasteiger partial charge >= 0.3 is 6.18 Å². The first-order valence-corrected chi connectivity index (χ1v) is 8.54. The molecule has 9 heteroatoms. The molecular formula is C19H19F4N3O2. The maximum atomic E-state index is 13.9. The van der Waals surface area contributed by atoms with Crippen LogP contribution in [-0.4, -0.2) is 21.5 Å². The van der Waals surface area contributed by atoms with Crippen molar-refractivity contribution in [2.45, 2.75) is 38.9 Å². The number of amides is 1. The summed E-state index contributed by atoms with van der Waals surface area (Å²) in [6.07, 6.45) is 0.740. The van der Waals surface area contributed by atoms with Crippen molar-refractivity contribution in [2.24, 2.45) is 0 Å². The fourth-order valence-electron chi connectivity index (χ4n) is 2.43. The number of nitrogens with one attached hydrogen (secondary N) is 1. The quantitative estimate of drug-likeness (QED) is 0.407. The van der Waals surface area contributed by atoms with Crippen LogP contribution < -0.4 is 5.32 Å². The fourth-order valence-corrected chi connectivity index (χ4v) is 2.43. The van der Waals surface area contributed by atoms with E-state index in [2.05, 4.69) is 10.4 Å². The largest absolute Gasteiger partial charge is 0.419 e. The van der Waals surface area contributed by atoms with E-state index in [-0.39, 0.29) is 17.2 Å². The Hall–Kier alpha value is -2.97. The molecule has 1 amide bonds. The van der Waals surface area contributed by atoms with E-state index in [4.69, 9.17) is 0 Å². The van der Waals surface area contributed by atoms with E-state index < -0.39 is 23.5 Å². The molecule has 5 nitrogen and oxygen atoms in total. The van der Waals surface area contributed by atoms with Gasteiger partial charge in [-0.3, -0.25) is 9.48 Å². The first-order valence-electron chi connectivity index (χ1n) is 8.54. The van der Waals surface area contributed by atoms with Gasteiger partial charge in [-0.25, -0.2) is 4.39 Å². The molecule has 1 aromatic carbocycles. The number of anilines is 1. The zero-order valence-electron chi connectivity index (χ0n) is 15.1. The van der Waals surface area contributed by atoms with E-state index in [0.717, 1.165) is 37.1 Å². The summed E-state index contributed by atoms with van der Waals surface area (Å²) < 4.78 is 53.6. The van der Waals surface area contributed by atoms with Gasteiger partial charge in [0.25, 0.3) is 0 Å². The number of ketones is 1. The number of Topliss-reactive ketones (excluding diaryl/α,β-unsaturated/α-hetero) is 1. The number of aromatic nitrogens is 2. The van der Waals surface area contributed by atoms with Crippen LogP contribution >= 0.6 is 0 Å². The number of nitrogens with zero attached hydrogens (tertiary/aromatic N) is 2. The molecule has 0 aliphatic carbocycles. The van der Waals surface area contributed by atoms with Gasteiger partial charge in [-0.1, -0.05) is 12.1 Å². The summed E-state index contributed by atoms with van der Waals surface area (Å²) in [5.41, 5.74) is -1.74. The number of halogens is 4. The summed E-state index contributed by atoms with van der Waals surface area (Å²) in [7, 11) is 0. The van der Waals surface area contributed by atoms with E-state index in [0.29, 0.717) is 19.0 Å². The maximum Gasteiger partial charge on any atom is 0.419 e. The molecule has 0 unspecified atom stereocenters. The Morgan fingerprint density at radius 2 is 1.96 bits per heavy atom. The molecule has 0 atom stereocenters. The third-order valence-electron chi connectivity index (χ3n) is 3.81. The van der Waals surface area contributed by atoms with Gasteiger partial charge in [-0.05, 0) is 31.9 Å². The molecule has 2 rings (SSSR count). The van der Waals surface area contributed by atoms with E-state index in [1.165, 1.54) is 6.92 Å². The summed E-state index contributed by atoms with van der Waals surface area (Å²) in [6.45, 7) is 2.11. The van der Waals surface area contributed by atoms with Crippen LogP contribution in [0.3, 0.4) is 0 Å². The first kappa shape index (κ1) is 21.3. The predicted octanol–water partition coefficient (Wildman–Crippen LogP) is 4.45. The number of hydrogen-bond acceptors (Lipinski definition) is 3. The molecule has 150 valence electrons. The van der Waals surface area contributed by atoms with E-state index in [9.17, 15) is 27.2 Å². The van der Waals surface area contributed by atoms with Gasteiger partial charge in [-0.15, -0.1) is 0 Å². The molecular weight excluding hydrogens is 378 g/mol. The van der Waals surface area contributed by atoms with Crippen molar-refractivity contribution < 1.29 is 27.2 Å². The van der Waals surface area contributed by atoms with Crippen LogP contribution in [0.4, 0.5) is 23.4 Å². The van der Waals surface area contributed by atoms with Gasteiger partial charge in [-0.2, -0.15) is 18.3 Å². The van der Waals surface area contributed by atoms with Gasteiger partial charge in [0.15, 0.2) is 5.82 Å². The lowest BCUT2D eigenvalue weighted by Crippen LogP contribution is -2.10. The summed E-state index contributed by atoms with van der Waals surface area (Å²) >= 11 is 0. The highest BCUT2D eigenvalue weighted by Crippen LogP contribution is 2.32. The summed E-state index contributed by atoms with van der Waals surface area (Å²) in [5.74, 6) is -1.71. The summed E-state index contributed by atoms with van der Waals surface area (Å²) in [5, 5.41) is 6.58. The lowest BCUT2D eigenvalue weighted by atomic mass is 10.1. The third kappa shape index (κ3) is 6.33. The van der Waals surface area contributed by atoms with Gasteiger partial charge in [0.05, 0.1) is 5.56 Å². The Bertz CT molecular complexity index is 872. The molecule has 0 saturated heterocycles. The number of carbonyl (C=O) groups is 2. The Labute approximate surface area is 159 Å². The highest BCUT2D eigenvalue weighted by Gasteiger charge is 2.34. The van der Waals surface area contributed by atoms with Crippen LogP contribution in [-0.2, 0) is 22.3 Å². The van der Waals surface area contributed by atoms with Crippen LogP contribution in [0, 0.1) is 5.82 Å². The van der Waals surface area contributed by atoms with Crippen molar-refractivity contribution in [1.82, 2.24) is 9.78 Å². The molecule has 0 aliphatic rings. The smallest absolute Gasteiger partial charge is 0.306 e. The highest BCUT2D eigenvalue weighted by atomic mass is 19.4. The van der Waals surface area contributed by atoms with Crippen LogP contribution in [0.1, 0.15) is 37.3 Å². The second-order valence-corrected chi connectivity index (χ2v) is 6.15. The number of unbranched alkanes of at least 4 members (excludes halogenated alkanes) is 1. The molecule has 1 heterocycles. The molecule has 28 heavy (non-hydrogen) atoms. The Kier molecular flexibility index (Phi) is 7.08. The lowest BCUT2D eigenvalue weighted by Gasteiger charge is -2.09. The number of rotatable bonds is 8. The number of alkyl halides is 3. The lowest BCUT2D eigenvalue weighted by molar-refractivity contribution is -0.140. The standard InChI is InChI=1S/C19H19F4N3O2/c1-13(27)5-2-3-11-26-12-10-16(25-26)24-17(28)9-8-14-6-4-7-15(18(14)20)19(21,22)23/h4,6-10,12H,2-3,5,11H2,1H3,(H,24,25,28). The van der Waals surface area contributed by atoms with Crippen LogP contribution in [0.15, 0.2) is 36.5 Å². The first-order chi connectivity index (χ1) is 13.2. The van der Waals surface area contributed by atoms with Crippen LogP contribution in [0.5, 0.6) is 0 Å². The van der Waals surface area contributed by atoms with Crippen molar-refractivity contribution in [1.29, 1.82) is 0 Å². The van der Waals surface area contributed by atoms with Crippen molar-refractivity contribution in [3.63, 3.8) is 0 Å². The van der Waals surface area contributed by atoms with E-state index >= 15 is 0 Å². The van der Waals surface area contributed by atoms with Gasteiger partial charge in [0.2, 0.25) is 5.91 Å².